The molecule has 4 heteroatoms. The number of urea groups is 1. The second-order valence-electron chi connectivity index (χ2n) is 5.37. The highest BCUT2D eigenvalue weighted by atomic mass is 32.2. The van der Waals surface area contributed by atoms with Crippen molar-refractivity contribution in [3.8, 4) is 0 Å². The number of fused-ring (bicyclic) bond motifs is 1. The van der Waals surface area contributed by atoms with Crippen LogP contribution in [0.5, 0.6) is 0 Å². The molecular formula is C13H24N2OS. The molecule has 1 saturated heterocycles. The monoisotopic (exact) mass is 256 g/mol. The summed E-state index contributed by atoms with van der Waals surface area (Å²) in [4.78, 5) is 14.2. The zero-order valence-corrected chi connectivity index (χ0v) is 11.8. The molecule has 1 saturated carbocycles. The Balaban J connectivity index is 1.80. The number of amides is 2. The number of carbonyl (C=O) groups is 1. The molecular weight excluding hydrogens is 232 g/mol. The maximum Gasteiger partial charge on any atom is 0.317 e. The van der Waals surface area contributed by atoms with Gasteiger partial charge in [0.05, 0.1) is 0 Å². The molecule has 2 fully saturated rings. The summed E-state index contributed by atoms with van der Waals surface area (Å²) in [6.45, 7) is 4.12. The van der Waals surface area contributed by atoms with Gasteiger partial charge in [-0.25, -0.2) is 4.79 Å². The van der Waals surface area contributed by atoms with Crippen molar-refractivity contribution in [2.45, 2.75) is 38.6 Å². The highest BCUT2D eigenvalue weighted by Crippen LogP contribution is 2.37. The molecule has 0 spiro atoms. The second kappa shape index (κ2) is 5.98. The number of hydrogen-bond acceptors (Lipinski definition) is 2. The minimum atomic E-state index is 0.167. The minimum Gasteiger partial charge on any atom is -0.334 e. The van der Waals surface area contributed by atoms with Gasteiger partial charge in [-0.3, -0.25) is 0 Å². The van der Waals surface area contributed by atoms with Gasteiger partial charge in [-0.05, 0) is 37.4 Å². The van der Waals surface area contributed by atoms with Gasteiger partial charge in [0.25, 0.3) is 0 Å². The first-order valence-electron chi connectivity index (χ1n) is 6.79. The summed E-state index contributed by atoms with van der Waals surface area (Å²) in [5.41, 5.74) is 0. The van der Waals surface area contributed by atoms with E-state index in [-0.39, 0.29) is 6.03 Å². The zero-order chi connectivity index (χ0) is 12.3. The molecule has 1 heterocycles. The van der Waals surface area contributed by atoms with E-state index in [0.29, 0.717) is 6.04 Å². The van der Waals surface area contributed by atoms with Gasteiger partial charge in [0.15, 0.2) is 0 Å². The van der Waals surface area contributed by atoms with E-state index in [1.54, 1.807) is 11.8 Å². The second-order valence-corrected chi connectivity index (χ2v) is 6.28. The van der Waals surface area contributed by atoms with Crippen LogP contribution in [0.3, 0.4) is 0 Å². The topological polar surface area (TPSA) is 32.3 Å². The number of nitrogens with one attached hydrogen (secondary N) is 1. The predicted octanol–water partition coefficient (Wildman–Crippen LogP) is 2.57. The van der Waals surface area contributed by atoms with Crippen molar-refractivity contribution >= 4 is 17.8 Å². The minimum absolute atomic E-state index is 0.167. The van der Waals surface area contributed by atoms with Crippen LogP contribution >= 0.6 is 11.8 Å². The fraction of sp³-hybridized carbons (Fsp3) is 0.923. The number of nitrogens with zero attached hydrogens (tertiary/aromatic N) is 1. The number of likely N-dealkylation sites (tertiary alicyclic amines) is 1. The van der Waals surface area contributed by atoms with Gasteiger partial charge < -0.3 is 10.2 Å². The third-order valence-electron chi connectivity index (χ3n) is 4.20. The van der Waals surface area contributed by atoms with Crippen molar-refractivity contribution in [3.05, 3.63) is 0 Å². The third-order valence-corrected chi connectivity index (χ3v) is 4.94. The average Bonchev–Trinajstić information content (AvgIpc) is 2.88. The van der Waals surface area contributed by atoms with E-state index in [9.17, 15) is 4.79 Å². The van der Waals surface area contributed by atoms with Gasteiger partial charge in [-0.1, -0.05) is 13.3 Å². The maximum absolute atomic E-state index is 12.1. The number of hydrogen-bond donors (Lipinski definition) is 1. The lowest BCUT2D eigenvalue weighted by molar-refractivity contribution is 0.201. The fourth-order valence-corrected chi connectivity index (χ4v) is 3.85. The van der Waals surface area contributed by atoms with Gasteiger partial charge in [0.2, 0.25) is 0 Å². The largest absolute Gasteiger partial charge is 0.334 e. The van der Waals surface area contributed by atoms with Crippen LogP contribution in [0.1, 0.15) is 32.6 Å². The molecule has 98 valence electrons. The van der Waals surface area contributed by atoms with Crippen molar-refractivity contribution < 1.29 is 4.79 Å². The highest BCUT2D eigenvalue weighted by molar-refractivity contribution is 7.98. The summed E-state index contributed by atoms with van der Waals surface area (Å²) >= 11 is 1.80. The van der Waals surface area contributed by atoms with E-state index >= 15 is 0 Å². The van der Waals surface area contributed by atoms with E-state index in [1.165, 1.54) is 19.3 Å². The first-order valence-corrected chi connectivity index (χ1v) is 8.18. The summed E-state index contributed by atoms with van der Waals surface area (Å²) in [6, 6.07) is 0.498. The van der Waals surface area contributed by atoms with Crippen LogP contribution in [-0.2, 0) is 0 Å². The van der Waals surface area contributed by atoms with Crippen LogP contribution in [0.4, 0.5) is 4.79 Å². The van der Waals surface area contributed by atoms with Crippen molar-refractivity contribution in [2.75, 3.05) is 25.1 Å². The van der Waals surface area contributed by atoms with Gasteiger partial charge >= 0.3 is 6.03 Å². The molecule has 3 atom stereocenters. The lowest BCUT2D eigenvalue weighted by atomic mass is 10.0. The van der Waals surface area contributed by atoms with Crippen LogP contribution in [-0.4, -0.2) is 42.1 Å². The Morgan fingerprint density at radius 3 is 2.59 bits per heavy atom. The van der Waals surface area contributed by atoms with Crippen LogP contribution in [0, 0.1) is 11.8 Å². The average molecular weight is 256 g/mol. The number of carbonyl (C=O) groups excluding carboxylic acids is 1. The molecule has 1 N–H and O–H groups in total. The van der Waals surface area contributed by atoms with Gasteiger partial charge in [-0.15, -0.1) is 0 Å². The SMILES string of the molecule is CC[C@@H](CSC)NC(=O)N1C[C@H]2CCC[C@H]2C1. The molecule has 1 aliphatic heterocycles. The lowest BCUT2D eigenvalue weighted by Crippen LogP contribution is -2.45. The number of rotatable bonds is 4. The number of thioether (sulfide) groups is 1. The Bertz CT molecular complexity index is 260. The predicted molar refractivity (Wildman–Crippen MR) is 73.4 cm³/mol. The first kappa shape index (κ1) is 13.1. The standard InChI is InChI=1S/C13H24N2OS/c1-3-12(9-17-2)14-13(16)15-7-10-5-4-6-11(10)8-15/h10-12H,3-9H2,1-2H3,(H,14,16)/t10-,11+,12-/m0/s1. The Labute approximate surface area is 109 Å². The summed E-state index contributed by atoms with van der Waals surface area (Å²) in [7, 11) is 0. The normalized spacial score (nSPS) is 29.2. The smallest absolute Gasteiger partial charge is 0.317 e. The molecule has 3 nitrogen and oxygen atoms in total. The molecule has 0 aromatic heterocycles. The Kier molecular flexibility index (Phi) is 4.60. The van der Waals surface area contributed by atoms with Crippen LogP contribution < -0.4 is 5.32 Å². The third kappa shape index (κ3) is 3.09. The van der Waals surface area contributed by atoms with Crippen molar-refractivity contribution in [1.29, 1.82) is 0 Å². The Hall–Kier alpha value is -0.380. The molecule has 1 aliphatic carbocycles. The van der Waals surface area contributed by atoms with E-state index < -0.39 is 0 Å². The Morgan fingerprint density at radius 1 is 1.41 bits per heavy atom. The molecule has 17 heavy (non-hydrogen) atoms. The Morgan fingerprint density at radius 2 is 2.06 bits per heavy atom. The van der Waals surface area contributed by atoms with E-state index in [2.05, 4.69) is 18.5 Å². The van der Waals surface area contributed by atoms with E-state index in [1.807, 2.05) is 4.90 Å². The van der Waals surface area contributed by atoms with Gasteiger partial charge in [0, 0.05) is 24.9 Å². The summed E-state index contributed by atoms with van der Waals surface area (Å²) < 4.78 is 0. The van der Waals surface area contributed by atoms with Crippen molar-refractivity contribution in [2.24, 2.45) is 11.8 Å². The summed E-state index contributed by atoms with van der Waals surface area (Å²) in [5, 5.41) is 3.16. The first-order chi connectivity index (χ1) is 8.24. The van der Waals surface area contributed by atoms with Gasteiger partial charge in [-0.2, -0.15) is 11.8 Å². The van der Waals surface area contributed by atoms with Crippen LogP contribution in [0.2, 0.25) is 0 Å². The quantitative estimate of drug-likeness (QED) is 0.838. The van der Waals surface area contributed by atoms with Gasteiger partial charge in [0.1, 0.15) is 0 Å². The van der Waals surface area contributed by atoms with Crippen LogP contribution in [0.25, 0.3) is 0 Å². The van der Waals surface area contributed by atoms with Crippen molar-refractivity contribution in [3.63, 3.8) is 0 Å². The molecule has 0 aromatic rings. The zero-order valence-electron chi connectivity index (χ0n) is 10.9. The van der Waals surface area contributed by atoms with Crippen molar-refractivity contribution in [1.82, 2.24) is 10.2 Å². The van der Waals surface area contributed by atoms with E-state index in [0.717, 1.165) is 37.1 Å². The molecule has 2 amide bonds. The summed E-state index contributed by atoms with van der Waals surface area (Å²) in [5.74, 6) is 2.60. The molecule has 2 rings (SSSR count). The maximum atomic E-state index is 12.1. The molecule has 2 aliphatic rings. The molecule has 0 bridgehead atoms. The molecule has 0 unspecified atom stereocenters. The lowest BCUT2D eigenvalue weighted by Gasteiger charge is -2.22. The highest BCUT2D eigenvalue weighted by Gasteiger charge is 2.38. The molecule has 0 radical (unpaired) electrons. The fourth-order valence-electron chi connectivity index (χ4n) is 3.13. The van der Waals surface area contributed by atoms with E-state index in [4.69, 9.17) is 0 Å². The van der Waals surface area contributed by atoms with Crippen LogP contribution in [0.15, 0.2) is 0 Å². The molecule has 0 aromatic carbocycles. The summed E-state index contributed by atoms with van der Waals surface area (Å²) in [6.07, 6.45) is 7.14.